The van der Waals surface area contributed by atoms with Crippen molar-refractivity contribution in [3.63, 3.8) is 0 Å². The summed E-state index contributed by atoms with van der Waals surface area (Å²) in [7, 11) is 1.24. The van der Waals surface area contributed by atoms with E-state index >= 15 is 0 Å². The van der Waals surface area contributed by atoms with Gasteiger partial charge in [-0.25, -0.2) is 4.39 Å². The Morgan fingerprint density at radius 3 is 2.89 bits per heavy atom. The van der Waals surface area contributed by atoms with Crippen molar-refractivity contribution in [2.45, 2.75) is 0 Å². The molecule has 0 aliphatic heterocycles. The normalized spacial score (nSPS) is 10.2. The smallest absolute Gasteiger partial charge is 0.325 e. The van der Waals surface area contributed by atoms with Gasteiger partial charge in [0.2, 0.25) is 0 Å². The molecule has 1 heterocycles. The third-order valence-electron chi connectivity index (χ3n) is 2.53. The first kappa shape index (κ1) is 12.9. The molecule has 1 N–H and O–H groups in total. The Hall–Kier alpha value is -2.50. The lowest BCUT2D eigenvalue weighted by atomic mass is 10.1. The standard InChI is InChI=1S/C13H11FN2O3/c1-19-12(17)7-16-13(18)9-4-8-2-3-10(14)5-11(8)15-6-9/h2-6H,7H2,1H3,(H,16,18). The fraction of sp³-hybridized carbons (Fsp3) is 0.154. The third-order valence-corrected chi connectivity index (χ3v) is 2.53. The highest BCUT2D eigenvalue weighted by Crippen LogP contribution is 2.14. The number of amides is 1. The number of aromatic nitrogens is 1. The Bertz CT molecular complexity index is 643. The zero-order valence-electron chi connectivity index (χ0n) is 10.1. The molecule has 0 aliphatic rings. The van der Waals surface area contributed by atoms with Crippen LogP contribution in [0.25, 0.3) is 10.9 Å². The summed E-state index contributed by atoms with van der Waals surface area (Å²) in [6, 6.07) is 5.69. The summed E-state index contributed by atoms with van der Waals surface area (Å²) in [4.78, 5) is 26.6. The number of carbonyl (C=O) groups excluding carboxylic acids is 2. The van der Waals surface area contributed by atoms with Gasteiger partial charge in [0.25, 0.3) is 5.91 Å². The number of pyridine rings is 1. The van der Waals surface area contributed by atoms with E-state index in [2.05, 4.69) is 15.0 Å². The van der Waals surface area contributed by atoms with Gasteiger partial charge in [-0.1, -0.05) is 0 Å². The molecule has 1 aromatic heterocycles. The number of esters is 1. The number of fused-ring (bicyclic) bond motifs is 1. The zero-order valence-corrected chi connectivity index (χ0v) is 10.1. The molecule has 0 radical (unpaired) electrons. The van der Waals surface area contributed by atoms with Gasteiger partial charge in [-0.05, 0) is 18.2 Å². The Morgan fingerprint density at radius 2 is 2.16 bits per heavy atom. The molecule has 6 heteroatoms. The molecule has 98 valence electrons. The van der Waals surface area contributed by atoms with E-state index in [1.165, 1.54) is 31.5 Å². The van der Waals surface area contributed by atoms with Crippen LogP contribution < -0.4 is 5.32 Å². The molecule has 1 aromatic carbocycles. The Morgan fingerprint density at radius 1 is 1.37 bits per heavy atom. The lowest BCUT2D eigenvalue weighted by Gasteiger charge is -2.04. The van der Waals surface area contributed by atoms with Gasteiger partial charge in [0, 0.05) is 17.6 Å². The first-order chi connectivity index (χ1) is 9.10. The molecule has 0 saturated heterocycles. The van der Waals surface area contributed by atoms with E-state index in [1.54, 1.807) is 6.07 Å². The molecular weight excluding hydrogens is 251 g/mol. The quantitative estimate of drug-likeness (QED) is 0.846. The van der Waals surface area contributed by atoms with E-state index in [0.29, 0.717) is 16.5 Å². The number of nitrogens with one attached hydrogen (secondary N) is 1. The number of hydrogen-bond donors (Lipinski definition) is 1. The monoisotopic (exact) mass is 262 g/mol. The molecule has 2 aromatic rings. The second kappa shape index (κ2) is 5.43. The van der Waals surface area contributed by atoms with Gasteiger partial charge >= 0.3 is 5.97 Å². The maximum Gasteiger partial charge on any atom is 0.325 e. The van der Waals surface area contributed by atoms with Crippen LogP contribution in [-0.4, -0.2) is 30.5 Å². The molecule has 0 aliphatic carbocycles. The molecule has 0 fully saturated rings. The molecular formula is C13H11FN2O3. The first-order valence-electron chi connectivity index (χ1n) is 5.50. The summed E-state index contributed by atoms with van der Waals surface area (Å²) in [6.07, 6.45) is 1.33. The number of methoxy groups -OCH3 is 1. The van der Waals surface area contributed by atoms with Crippen molar-refractivity contribution in [1.82, 2.24) is 10.3 Å². The van der Waals surface area contributed by atoms with Gasteiger partial charge in [-0.2, -0.15) is 0 Å². The largest absolute Gasteiger partial charge is 0.468 e. The molecule has 19 heavy (non-hydrogen) atoms. The molecule has 2 rings (SSSR count). The highest BCUT2D eigenvalue weighted by molar-refractivity contribution is 5.98. The van der Waals surface area contributed by atoms with Crippen LogP contribution in [0.15, 0.2) is 30.5 Å². The van der Waals surface area contributed by atoms with Crippen LogP contribution in [0.2, 0.25) is 0 Å². The van der Waals surface area contributed by atoms with Gasteiger partial charge in [0.15, 0.2) is 0 Å². The van der Waals surface area contributed by atoms with Gasteiger partial charge in [-0.3, -0.25) is 14.6 Å². The lowest BCUT2D eigenvalue weighted by molar-refractivity contribution is -0.139. The fourth-order valence-electron chi connectivity index (χ4n) is 1.55. The summed E-state index contributed by atoms with van der Waals surface area (Å²) in [5.41, 5.74) is 0.757. The molecule has 0 bridgehead atoms. The number of rotatable bonds is 3. The summed E-state index contributed by atoms with van der Waals surface area (Å²) in [6.45, 7) is -0.212. The number of hydrogen-bond acceptors (Lipinski definition) is 4. The van der Waals surface area contributed by atoms with Crippen LogP contribution in [0.4, 0.5) is 4.39 Å². The number of ether oxygens (including phenoxy) is 1. The minimum Gasteiger partial charge on any atom is -0.468 e. The molecule has 1 amide bonds. The predicted octanol–water partition coefficient (Wildman–Crippen LogP) is 1.28. The minimum atomic E-state index is -0.538. The number of nitrogens with zero attached hydrogens (tertiary/aromatic N) is 1. The van der Waals surface area contributed by atoms with Crippen LogP contribution in [-0.2, 0) is 9.53 Å². The van der Waals surface area contributed by atoms with Crippen molar-refractivity contribution < 1.29 is 18.7 Å². The van der Waals surface area contributed by atoms with Gasteiger partial charge in [0.1, 0.15) is 12.4 Å². The Balaban J connectivity index is 2.19. The van der Waals surface area contributed by atoms with Crippen molar-refractivity contribution in [1.29, 1.82) is 0 Å². The van der Waals surface area contributed by atoms with Crippen molar-refractivity contribution in [3.8, 4) is 0 Å². The van der Waals surface area contributed by atoms with Crippen LogP contribution in [0.3, 0.4) is 0 Å². The van der Waals surface area contributed by atoms with E-state index < -0.39 is 11.9 Å². The van der Waals surface area contributed by atoms with Gasteiger partial charge < -0.3 is 10.1 Å². The molecule has 0 spiro atoms. The van der Waals surface area contributed by atoms with Gasteiger partial charge in [-0.15, -0.1) is 0 Å². The second-order valence-corrected chi connectivity index (χ2v) is 3.82. The SMILES string of the molecule is COC(=O)CNC(=O)c1cnc2cc(F)ccc2c1. The van der Waals surface area contributed by atoms with Crippen molar-refractivity contribution in [2.75, 3.05) is 13.7 Å². The maximum absolute atomic E-state index is 13.0. The van der Waals surface area contributed by atoms with E-state index in [1.807, 2.05) is 0 Å². The predicted molar refractivity (Wildman–Crippen MR) is 66.1 cm³/mol. The van der Waals surface area contributed by atoms with Crippen LogP contribution in [0, 0.1) is 5.82 Å². The summed E-state index contributed by atoms with van der Waals surface area (Å²) in [5, 5.41) is 3.04. The summed E-state index contributed by atoms with van der Waals surface area (Å²) in [5.74, 6) is -1.36. The highest BCUT2D eigenvalue weighted by atomic mass is 19.1. The van der Waals surface area contributed by atoms with E-state index in [9.17, 15) is 14.0 Å². The van der Waals surface area contributed by atoms with Crippen LogP contribution in [0.1, 0.15) is 10.4 Å². The molecule has 0 unspecified atom stereocenters. The van der Waals surface area contributed by atoms with E-state index in [-0.39, 0.29) is 12.4 Å². The van der Waals surface area contributed by atoms with Gasteiger partial charge in [0.05, 0.1) is 18.2 Å². The van der Waals surface area contributed by atoms with Crippen LogP contribution in [0.5, 0.6) is 0 Å². The third kappa shape index (κ3) is 3.04. The first-order valence-corrected chi connectivity index (χ1v) is 5.50. The summed E-state index contributed by atoms with van der Waals surface area (Å²) < 4.78 is 17.4. The summed E-state index contributed by atoms with van der Waals surface area (Å²) >= 11 is 0. The van der Waals surface area contributed by atoms with E-state index in [4.69, 9.17) is 0 Å². The molecule has 0 saturated carbocycles. The second-order valence-electron chi connectivity index (χ2n) is 3.82. The Labute approximate surface area is 108 Å². The zero-order chi connectivity index (χ0) is 13.8. The highest BCUT2D eigenvalue weighted by Gasteiger charge is 2.09. The molecule has 5 nitrogen and oxygen atoms in total. The molecule has 0 atom stereocenters. The lowest BCUT2D eigenvalue weighted by Crippen LogP contribution is -2.30. The van der Waals surface area contributed by atoms with Crippen LogP contribution >= 0.6 is 0 Å². The maximum atomic E-state index is 13.0. The average Bonchev–Trinajstić information content (AvgIpc) is 2.43. The number of halogens is 1. The van der Waals surface area contributed by atoms with Crippen molar-refractivity contribution in [2.24, 2.45) is 0 Å². The van der Waals surface area contributed by atoms with Crippen molar-refractivity contribution >= 4 is 22.8 Å². The Kier molecular flexibility index (Phi) is 3.70. The number of benzene rings is 1. The number of carbonyl (C=O) groups is 2. The average molecular weight is 262 g/mol. The van der Waals surface area contributed by atoms with E-state index in [0.717, 1.165) is 0 Å². The fourth-order valence-corrected chi connectivity index (χ4v) is 1.55. The topological polar surface area (TPSA) is 68.3 Å². The van der Waals surface area contributed by atoms with Crippen molar-refractivity contribution in [3.05, 3.63) is 41.8 Å². The minimum absolute atomic E-state index is 0.212.